The van der Waals surface area contributed by atoms with Gasteiger partial charge in [-0.1, -0.05) is 12.1 Å². The molecule has 0 aliphatic rings. The van der Waals surface area contributed by atoms with Gasteiger partial charge in [0.1, 0.15) is 5.82 Å². The Hall–Kier alpha value is -1.84. The van der Waals surface area contributed by atoms with Gasteiger partial charge in [-0.2, -0.15) is 0 Å². The fourth-order valence-electron chi connectivity index (χ4n) is 2.06. The van der Waals surface area contributed by atoms with Gasteiger partial charge < -0.3 is 9.88 Å². The molecule has 0 aliphatic heterocycles. The van der Waals surface area contributed by atoms with Gasteiger partial charge in [0, 0.05) is 12.7 Å². The molecular weight excluding hydrogens is 241 g/mol. The molecule has 0 saturated carbocycles. The predicted octanol–water partition coefficient (Wildman–Crippen LogP) is 3.83. The SMILES string of the molecule is CCn1cc(C)nc1NC(C)c1ccc(C)c(F)c1. The van der Waals surface area contributed by atoms with Crippen LogP contribution in [0.2, 0.25) is 0 Å². The van der Waals surface area contributed by atoms with E-state index in [9.17, 15) is 4.39 Å². The Labute approximate surface area is 113 Å². The highest BCUT2D eigenvalue weighted by Gasteiger charge is 2.11. The highest BCUT2D eigenvalue weighted by molar-refractivity contribution is 5.35. The molecule has 2 aromatic rings. The Kier molecular flexibility index (Phi) is 3.88. The maximum absolute atomic E-state index is 13.6. The maximum atomic E-state index is 13.6. The first-order valence-corrected chi connectivity index (χ1v) is 6.57. The van der Waals surface area contributed by atoms with E-state index in [0.29, 0.717) is 5.56 Å². The molecule has 1 N–H and O–H groups in total. The number of aromatic nitrogens is 2. The van der Waals surface area contributed by atoms with Gasteiger partial charge in [0.25, 0.3) is 0 Å². The second kappa shape index (κ2) is 5.43. The zero-order chi connectivity index (χ0) is 14.0. The molecule has 1 aromatic heterocycles. The standard InChI is InChI=1S/C15H20FN3/c1-5-19-9-11(3)17-15(19)18-12(4)13-7-6-10(2)14(16)8-13/h6-9,12H,5H2,1-4H3,(H,17,18). The van der Waals surface area contributed by atoms with Crippen molar-refractivity contribution in [1.29, 1.82) is 0 Å². The van der Waals surface area contributed by atoms with Crippen molar-refractivity contribution in [2.45, 2.75) is 40.3 Å². The number of imidazole rings is 1. The average molecular weight is 261 g/mol. The summed E-state index contributed by atoms with van der Waals surface area (Å²) < 4.78 is 15.6. The van der Waals surface area contributed by atoms with Gasteiger partial charge in [0.15, 0.2) is 0 Å². The van der Waals surface area contributed by atoms with Gasteiger partial charge in [-0.05, 0) is 44.9 Å². The number of anilines is 1. The molecule has 1 atom stereocenters. The number of halogens is 1. The van der Waals surface area contributed by atoms with Crippen LogP contribution in [0.1, 0.15) is 36.7 Å². The Morgan fingerprint density at radius 3 is 2.74 bits per heavy atom. The van der Waals surface area contributed by atoms with Crippen molar-refractivity contribution >= 4 is 5.95 Å². The summed E-state index contributed by atoms with van der Waals surface area (Å²) in [6, 6.07) is 5.35. The minimum Gasteiger partial charge on any atom is -0.349 e. The minimum atomic E-state index is -0.166. The number of rotatable bonds is 4. The van der Waals surface area contributed by atoms with Crippen molar-refractivity contribution in [1.82, 2.24) is 9.55 Å². The second-order valence-corrected chi connectivity index (χ2v) is 4.87. The Balaban J connectivity index is 2.20. The Morgan fingerprint density at radius 1 is 1.37 bits per heavy atom. The molecule has 0 amide bonds. The lowest BCUT2D eigenvalue weighted by Gasteiger charge is -2.16. The normalized spacial score (nSPS) is 12.5. The summed E-state index contributed by atoms with van der Waals surface area (Å²) in [4.78, 5) is 4.45. The second-order valence-electron chi connectivity index (χ2n) is 4.87. The Bertz CT molecular complexity index is 575. The number of hydrogen-bond acceptors (Lipinski definition) is 2. The minimum absolute atomic E-state index is 0.0159. The monoisotopic (exact) mass is 261 g/mol. The largest absolute Gasteiger partial charge is 0.349 e. The first-order chi connectivity index (χ1) is 9.01. The van der Waals surface area contributed by atoms with Gasteiger partial charge in [0.2, 0.25) is 5.95 Å². The molecule has 0 saturated heterocycles. The van der Waals surface area contributed by atoms with E-state index in [1.165, 1.54) is 0 Å². The molecule has 1 aromatic carbocycles. The molecule has 0 fully saturated rings. The van der Waals surface area contributed by atoms with Crippen molar-refractivity contribution < 1.29 is 4.39 Å². The fourth-order valence-corrected chi connectivity index (χ4v) is 2.06. The van der Waals surface area contributed by atoms with Gasteiger partial charge >= 0.3 is 0 Å². The summed E-state index contributed by atoms with van der Waals surface area (Å²) in [5.74, 6) is 0.662. The van der Waals surface area contributed by atoms with Crippen molar-refractivity contribution in [3.8, 4) is 0 Å². The van der Waals surface area contributed by atoms with Crippen LogP contribution >= 0.6 is 0 Å². The van der Waals surface area contributed by atoms with Crippen LogP contribution in [-0.2, 0) is 6.54 Å². The van der Waals surface area contributed by atoms with Gasteiger partial charge in [0.05, 0.1) is 11.7 Å². The van der Waals surface area contributed by atoms with E-state index in [4.69, 9.17) is 0 Å². The van der Waals surface area contributed by atoms with Gasteiger partial charge in [-0.3, -0.25) is 0 Å². The lowest BCUT2D eigenvalue weighted by Crippen LogP contribution is -2.11. The fraction of sp³-hybridized carbons (Fsp3) is 0.400. The van der Waals surface area contributed by atoms with Crippen molar-refractivity contribution in [2.24, 2.45) is 0 Å². The summed E-state index contributed by atoms with van der Waals surface area (Å²) in [6.45, 7) is 8.67. The van der Waals surface area contributed by atoms with Crippen LogP contribution in [-0.4, -0.2) is 9.55 Å². The van der Waals surface area contributed by atoms with Crippen LogP contribution in [0.3, 0.4) is 0 Å². The molecule has 1 heterocycles. The van der Waals surface area contributed by atoms with Crippen molar-refractivity contribution in [2.75, 3.05) is 5.32 Å². The van der Waals surface area contributed by atoms with E-state index in [0.717, 1.165) is 23.8 Å². The quantitative estimate of drug-likeness (QED) is 0.906. The van der Waals surface area contributed by atoms with E-state index in [1.54, 1.807) is 19.1 Å². The topological polar surface area (TPSA) is 29.9 Å². The molecule has 0 radical (unpaired) electrons. The highest BCUT2D eigenvalue weighted by atomic mass is 19.1. The molecule has 0 aliphatic carbocycles. The molecular formula is C15H20FN3. The van der Waals surface area contributed by atoms with E-state index in [-0.39, 0.29) is 11.9 Å². The smallest absolute Gasteiger partial charge is 0.203 e. The van der Waals surface area contributed by atoms with Crippen molar-refractivity contribution in [3.63, 3.8) is 0 Å². The maximum Gasteiger partial charge on any atom is 0.203 e. The lowest BCUT2D eigenvalue weighted by molar-refractivity contribution is 0.614. The highest BCUT2D eigenvalue weighted by Crippen LogP contribution is 2.21. The van der Waals surface area contributed by atoms with Crippen LogP contribution < -0.4 is 5.32 Å². The molecule has 4 heteroatoms. The zero-order valence-electron chi connectivity index (χ0n) is 11.9. The Morgan fingerprint density at radius 2 is 2.11 bits per heavy atom. The molecule has 19 heavy (non-hydrogen) atoms. The number of aryl methyl sites for hydroxylation is 3. The van der Waals surface area contributed by atoms with Gasteiger partial charge in [-0.25, -0.2) is 9.37 Å². The van der Waals surface area contributed by atoms with Crippen LogP contribution in [0, 0.1) is 19.7 Å². The first kappa shape index (κ1) is 13.6. The number of nitrogens with zero attached hydrogens (tertiary/aromatic N) is 2. The number of nitrogens with one attached hydrogen (secondary N) is 1. The lowest BCUT2D eigenvalue weighted by atomic mass is 10.1. The summed E-state index contributed by atoms with van der Waals surface area (Å²) in [7, 11) is 0. The first-order valence-electron chi connectivity index (χ1n) is 6.57. The molecule has 2 rings (SSSR count). The number of hydrogen-bond donors (Lipinski definition) is 1. The van der Waals surface area contributed by atoms with E-state index < -0.39 is 0 Å². The van der Waals surface area contributed by atoms with Crippen LogP contribution in [0.4, 0.5) is 10.3 Å². The molecule has 0 spiro atoms. The molecule has 0 bridgehead atoms. The number of benzene rings is 1. The average Bonchev–Trinajstić information content (AvgIpc) is 2.72. The van der Waals surface area contributed by atoms with Crippen LogP contribution in [0.25, 0.3) is 0 Å². The van der Waals surface area contributed by atoms with E-state index in [2.05, 4.69) is 21.8 Å². The summed E-state index contributed by atoms with van der Waals surface area (Å²) in [6.07, 6.45) is 2.00. The van der Waals surface area contributed by atoms with E-state index >= 15 is 0 Å². The molecule has 3 nitrogen and oxygen atoms in total. The van der Waals surface area contributed by atoms with Crippen molar-refractivity contribution in [3.05, 3.63) is 47.0 Å². The predicted molar refractivity (Wildman–Crippen MR) is 75.8 cm³/mol. The summed E-state index contributed by atoms with van der Waals surface area (Å²) >= 11 is 0. The third-order valence-electron chi connectivity index (χ3n) is 3.28. The van der Waals surface area contributed by atoms with Crippen LogP contribution in [0.5, 0.6) is 0 Å². The zero-order valence-corrected chi connectivity index (χ0v) is 11.9. The molecule has 102 valence electrons. The molecule has 1 unspecified atom stereocenters. The third-order valence-corrected chi connectivity index (χ3v) is 3.28. The van der Waals surface area contributed by atoms with Crippen LogP contribution in [0.15, 0.2) is 24.4 Å². The third kappa shape index (κ3) is 2.95. The van der Waals surface area contributed by atoms with Gasteiger partial charge in [-0.15, -0.1) is 0 Å². The summed E-state index contributed by atoms with van der Waals surface area (Å²) in [5, 5.41) is 3.33. The van der Waals surface area contributed by atoms with E-state index in [1.807, 2.05) is 26.1 Å². The summed E-state index contributed by atoms with van der Waals surface area (Å²) in [5.41, 5.74) is 2.57.